The highest BCUT2D eigenvalue weighted by molar-refractivity contribution is 5.11. The van der Waals surface area contributed by atoms with Gasteiger partial charge in [0.1, 0.15) is 5.54 Å². The molecule has 13 heavy (non-hydrogen) atoms. The lowest BCUT2D eigenvalue weighted by Gasteiger charge is -2.35. The minimum absolute atomic E-state index is 0.0823. The van der Waals surface area contributed by atoms with Crippen LogP contribution in [0.1, 0.15) is 19.8 Å². The Morgan fingerprint density at radius 2 is 2.54 bits per heavy atom. The molecule has 0 bridgehead atoms. The quantitative estimate of drug-likeness (QED) is 0.557. The molecule has 0 aromatic heterocycles. The number of nitrogens with zero attached hydrogens (tertiary/aromatic N) is 1. The van der Waals surface area contributed by atoms with Crippen molar-refractivity contribution in [2.75, 3.05) is 19.7 Å². The predicted molar refractivity (Wildman–Crippen MR) is 50.1 cm³/mol. The number of hydrogen-bond acceptors (Lipinski definition) is 4. The van der Waals surface area contributed by atoms with E-state index in [9.17, 15) is 0 Å². The van der Waals surface area contributed by atoms with E-state index < -0.39 is 5.54 Å². The summed E-state index contributed by atoms with van der Waals surface area (Å²) in [4.78, 5) is 0. The van der Waals surface area contributed by atoms with E-state index in [0.29, 0.717) is 19.1 Å². The first-order valence-corrected chi connectivity index (χ1v) is 4.73. The highest BCUT2D eigenvalue weighted by Gasteiger charge is 2.33. The Labute approximate surface area is 78.9 Å². The Morgan fingerprint density at radius 1 is 1.77 bits per heavy atom. The topological polar surface area (TPSA) is 68.1 Å². The summed E-state index contributed by atoms with van der Waals surface area (Å²) in [5.41, 5.74) is -0.463. The first-order chi connectivity index (χ1) is 6.22. The molecule has 2 atom stereocenters. The summed E-state index contributed by atoms with van der Waals surface area (Å²) < 4.78 is 0. The fourth-order valence-corrected chi connectivity index (χ4v) is 1.58. The van der Waals surface area contributed by atoms with Gasteiger partial charge in [0.2, 0.25) is 0 Å². The molecule has 1 saturated heterocycles. The van der Waals surface area contributed by atoms with Gasteiger partial charge in [-0.2, -0.15) is 5.26 Å². The Kier molecular flexibility index (Phi) is 3.67. The maximum Gasteiger partial charge on any atom is 0.119 e. The molecule has 0 saturated carbocycles. The van der Waals surface area contributed by atoms with Crippen molar-refractivity contribution in [3.63, 3.8) is 0 Å². The zero-order chi connectivity index (χ0) is 9.73. The maximum atomic E-state index is 9.02. The molecule has 0 aromatic carbocycles. The predicted octanol–water partition coefficient (Wildman–Crippen LogP) is -0.397. The fourth-order valence-electron chi connectivity index (χ4n) is 1.58. The van der Waals surface area contributed by atoms with Crippen molar-refractivity contribution in [3.05, 3.63) is 0 Å². The van der Waals surface area contributed by atoms with E-state index in [2.05, 4.69) is 23.6 Å². The highest BCUT2D eigenvalue weighted by Crippen LogP contribution is 2.17. The van der Waals surface area contributed by atoms with E-state index in [1.807, 2.05) is 0 Å². The van der Waals surface area contributed by atoms with Gasteiger partial charge in [0.25, 0.3) is 0 Å². The van der Waals surface area contributed by atoms with Crippen LogP contribution in [0.25, 0.3) is 0 Å². The van der Waals surface area contributed by atoms with Gasteiger partial charge in [-0.05, 0) is 19.8 Å². The summed E-state index contributed by atoms with van der Waals surface area (Å²) in [5.74, 6) is 0. The third-order valence-corrected chi connectivity index (χ3v) is 2.55. The van der Waals surface area contributed by atoms with Crippen molar-refractivity contribution in [3.8, 4) is 6.07 Å². The van der Waals surface area contributed by atoms with Gasteiger partial charge < -0.3 is 10.4 Å². The van der Waals surface area contributed by atoms with Crippen LogP contribution in [-0.2, 0) is 0 Å². The van der Waals surface area contributed by atoms with Crippen LogP contribution in [0.15, 0.2) is 0 Å². The Morgan fingerprint density at radius 3 is 3.00 bits per heavy atom. The standard InChI is InChI=1S/C9H17N3O/c1-8-2-3-9(6-10,7-11-8)12-4-5-13/h8,11-13H,2-5,7H2,1H3. The Balaban J connectivity index is 2.46. The third kappa shape index (κ3) is 2.66. The number of nitriles is 1. The summed E-state index contributed by atoms with van der Waals surface area (Å²) in [6, 6.07) is 2.79. The summed E-state index contributed by atoms with van der Waals surface area (Å²) in [5, 5.41) is 24.0. The van der Waals surface area contributed by atoms with Crippen LogP contribution < -0.4 is 10.6 Å². The van der Waals surface area contributed by atoms with Crippen LogP contribution in [0.3, 0.4) is 0 Å². The third-order valence-electron chi connectivity index (χ3n) is 2.55. The lowest BCUT2D eigenvalue weighted by atomic mass is 9.89. The summed E-state index contributed by atoms with van der Waals surface area (Å²) in [6.07, 6.45) is 1.86. The molecule has 2 unspecified atom stereocenters. The van der Waals surface area contributed by atoms with Crippen molar-refractivity contribution in [2.45, 2.75) is 31.3 Å². The number of piperidine rings is 1. The van der Waals surface area contributed by atoms with Crippen LogP contribution in [-0.4, -0.2) is 36.4 Å². The van der Waals surface area contributed by atoms with E-state index in [-0.39, 0.29) is 6.61 Å². The number of aliphatic hydroxyl groups excluding tert-OH is 1. The number of hydrogen-bond donors (Lipinski definition) is 3. The van der Waals surface area contributed by atoms with Crippen LogP contribution in [0.5, 0.6) is 0 Å². The zero-order valence-electron chi connectivity index (χ0n) is 8.01. The normalized spacial score (nSPS) is 34.1. The van der Waals surface area contributed by atoms with E-state index >= 15 is 0 Å². The van der Waals surface area contributed by atoms with Crippen LogP contribution in [0.2, 0.25) is 0 Å². The number of β-amino-alcohol motifs (C(OH)–C–C–N with tert-alkyl or cyclic N) is 1. The minimum atomic E-state index is -0.463. The van der Waals surface area contributed by atoms with Gasteiger partial charge in [0.05, 0.1) is 12.7 Å². The zero-order valence-corrected chi connectivity index (χ0v) is 8.01. The van der Waals surface area contributed by atoms with Crippen molar-refractivity contribution in [1.29, 1.82) is 5.26 Å². The molecule has 3 N–H and O–H groups in total. The van der Waals surface area contributed by atoms with E-state index in [1.54, 1.807) is 0 Å². The van der Waals surface area contributed by atoms with Crippen LogP contribution in [0, 0.1) is 11.3 Å². The van der Waals surface area contributed by atoms with Gasteiger partial charge in [-0.1, -0.05) is 0 Å². The number of aliphatic hydroxyl groups is 1. The van der Waals surface area contributed by atoms with Crippen molar-refractivity contribution in [1.82, 2.24) is 10.6 Å². The first-order valence-electron chi connectivity index (χ1n) is 4.73. The molecule has 0 aliphatic carbocycles. The van der Waals surface area contributed by atoms with Crippen LogP contribution >= 0.6 is 0 Å². The van der Waals surface area contributed by atoms with Crippen molar-refractivity contribution in [2.24, 2.45) is 0 Å². The van der Waals surface area contributed by atoms with Gasteiger partial charge in [0.15, 0.2) is 0 Å². The van der Waals surface area contributed by atoms with Crippen LogP contribution in [0.4, 0.5) is 0 Å². The second kappa shape index (κ2) is 4.56. The molecule has 4 heteroatoms. The maximum absolute atomic E-state index is 9.02. The second-order valence-electron chi connectivity index (χ2n) is 3.66. The molecular weight excluding hydrogens is 166 g/mol. The molecule has 0 amide bonds. The van der Waals surface area contributed by atoms with Crippen molar-refractivity contribution < 1.29 is 5.11 Å². The van der Waals surface area contributed by atoms with E-state index in [4.69, 9.17) is 10.4 Å². The molecule has 1 aliphatic rings. The van der Waals surface area contributed by atoms with Crippen molar-refractivity contribution >= 4 is 0 Å². The number of nitrogens with one attached hydrogen (secondary N) is 2. The molecule has 0 radical (unpaired) electrons. The molecule has 0 spiro atoms. The van der Waals surface area contributed by atoms with E-state index in [1.165, 1.54) is 0 Å². The van der Waals surface area contributed by atoms with Gasteiger partial charge in [-0.3, -0.25) is 5.32 Å². The average Bonchev–Trinajstić information content (AvgIpc) is 2.18. The molecule has 74 valence electrons. The second-order valence-corrected chi connectivity index (χ2v) is 3.66. The van der Waals surface area contributed by atoms with E-state index in [0.717, 1.165) is 12.8 Å². The highest BCUT2D eigenvalue weighted by atomic mass is 16.3. The number of rotatable bonds is 3. The molecular formula is C9H17N3O. The Hall–Kier alpha value is -0.630. The fraction of sp³-hybridized carbons (Fsp3) is 0.889. The molecule has 1 heterocycles. The molecule has 1 rings (SSSR count). The average molecular weight is 183 g/mol. The Bertz CT molecular complexity index is 186. The summed E-state index contributed by atoms with van der Waals surface area (Å²) in [7, 11) is 0. The lowest BCUT2D eigenvalue weighted by Crippen LogP contribution is -2.57. The molecule has 0 aromatic rings. The van der Waals surface area contributed by atoms with Gasteiger partial charge in [0, 0.05) is 19.1 Å². The summed E-state index contributed by atoms with van der Waals surface area (Å²) in [6.45, 7) is 3.36. The monoisotopic (exact) mass is 183 g/mol. The van der Waals surface area contributed by atoms with Gasteiger partial charge in [-0.15, -0.1) is 0 Å². The summed E-state index contributed by atoms with van der Waals surface area (Å²) >= 11 is 0. The SMILES string of the molecule is CC1CCC(C#N)(NCCO)CN1. The minimum Gasteiger partial charge on any atom is -0.395 e. The molecule has 4 nitrogen and oxygen atoms in total. The molecule has 1 fully saturated rings. The van der Waals surface area contributed by atoms with Gasteiger partial charge in [-0.25, -0.2) is 0 Å². The van der Waals surface area contributed by atoms with Gasteiger partial charge >= 0.3 is 0 Å². The first kappa shape index (κ1) is 10.5. The smallest absolute Gasteiger partial charge is 0.119 e. The molecule has 1 aliphatic heterocycles. The lowest BCUT2D eigenvalue weighted by molar-refractivity contribution is 0.238. The largest absolute Gasteiger partial charge is 0.395 e.